The van der Waals surface area contributed by atoms with Gasteiger partial charge in [0, 0.05) is 79.1 Å². The number of anilines is 2. The van der Waals surface area contributed by atoms with Gasteiger partial charge >= 0.3 is 12.1 Å². The number of fused-ring (bicyclic) bond motifs is 2. The molecule has 366 valence electrons. The van der Waals surface area contributed by atoms with E-state index in [-0.39, 0.29) is 65.7 Å². The maximum Gasteiger partial charge on any atom is 0.490 e. The lowest BCUT2D eigenvalue weighted by atomic mass is 9.57. The van der Waals surface area contributed by atoms with Gasteiger partial charge in [0.15, 0.2) is 0 Å². The van der Waals surface area contributed by atoms with Crippen LogP contribution in [0.4, 0.5) is 24.5 Å². The number of benzene rings is 2. The first-order chi connectivity index (χ1) is 33.0. The minimum absolute atomic E-state index is 0.0490. The van der Waals surface area contributed by atoms with Crippen molar-refractivity contribution in [2.45, 2.75) is 134 Å². The number of hydrogen-bond acceptors (Lipinski definition) is 10. The molecule has 8 aliphatic rings. The quantitative estimate of drug-likeness (QED) is 0.236. The number of rotatable bonds is 8. The highest BCUT2D eigenvalue weighted by molar-refractivity contribution is 6.23. The van der Waals surface area contributed by atoms with Crippen molar-refractivity contribution in [2.24, 2.45) is 17.3 Å². The zero-order chi connectivity index (χ0) is 48.5. The molecule has 3 aliphatic carbocycles. The number of imide groups is 2. The molecule has 3 saturated carbocycles. The van der Waals surface area contributed by atoms with E-state index in [2.05, 4.69) is 45.1 Å². The number of carbonyl (C=O) groups excluding carboxylic acids is 6. The van der Waals surface area contributed by atoms with Crippen LogP contribution >= 0.6 is 0 Å². The molecule has 6 heterocycles. The molecule has 3 aromatic rings. The van der Waals surface area contributed by atoms with E-state index in [4.69, 9.17) is 19.7 Å². The fourth-order valence-electron chi connectivity index (χ4n) is 11.4. The second kappa shape index (κ2) is 17.9. The largest absolute Gasteiger partial charge is 0.490 e. The van der Waals surface area contributed by atoms with Crippen LogP contribution in [0.25, 0.3) is 11.1 Å². The number of amides is 6. The molecule has 16 nitrogen and oxygen atoms in total. The molecule has 0 bridgehead atoms. The smallest absolute Gasteiger partial charge is 0.489 e. The van der Waals surface area contributed by atoms with Crippen LogP contribution < -0.4 is 19.9 Å². The van der Waals surface area contributed by atoms with Gasteiger partial charge < -0.3 is 24.5 Å². The van der Waals surface area contributed by atoms with Gasteiger partial charge in [-0.1, -0.05) is 0 Å². The summed E-state index contributed by atoms with van der Waals surface area (Å²) in [5.74, 6) is -3.09. The van der Waals surface area contributed by atoms with Crippen LogP contribution in [-0.2, 0) is 30.4 Å². The third-order valence-corrected chi connectivity index (χ3v) is 15.9. The molecule has 1 spiro atoms. The van der Waals surface area contributed by atoms with Crippen LogP contribution in [0, 0.1) is 17.3 Å². The van der Waals surface area contributed by atoms with Gasteiger partial charge in [0.1, 0.15) is 11.8 Å². The first kappa shape index (κ1) is 46.5. The van der Waals surface area contributed by atoms with Crippen molar-refractivity contribution >= 4 is 52.8 Å². The summed E-state index contributed by atoms with van der Waals surface area (Å²) in [7, 11) is 0. The Balaban J connectivity index is 0.000000736. The molecular weight excluding hydrogens is 900 g/mol. The Kier molecular flexibility index (Phi) is 12.1. The highest BCUT2D eigenvalue weighted by atomic mass is 19.4. The Hall–Kier alpha value is -6.27. The Bertz CT molecular complexity index is 2600. The number of aromatic nitrogens is 2. The molecular formula is C50H56F3N7O9. The van der Waals surface area contributed by atoms with Crippen molar-refractivity contribution in [1.29, 1.82) is 0 Å². The summed E-state index contributed by atoms with van der Waals surface area (Å²) in [6.45, 7) is 5.20. The number of carboxylic acid groups (broad SMARTS) is 1. The van der Waals surface area contributed by atoms with Gasteiger partial charge in [0.25, 0.3) is 11.8 Å². The number of carboxylic acids is 1. The number of aliphatic carboxylic acids is 1. The summed E-state index contributed by atoms with van der Waals surface area (Å²) in [6.07, 6.45) is 12.0. The minimum atomic E-state index is -5.08. The highest BCUT2D eigenvalue weighted by Crippen LogP contribution is 2.54. The van der Waals surface area contributed by atoms with E-state index < -0.39 is 41.8 Å². The molecule has 3 saturated heterocycles. The number of nitrogens with zero attached hydrogens (tertiary/aromatic N) is 6. The second-order valence-electron chi connectivity index (χ2n) is 20.3. The molecule has 1 aromatic heterocycles. The lowest BCUT2D eigenvalue weighted by molar-refractivity contribution is -0.192. The molecule has 0 radical (unpaired) electrons. The SMILES string of the molecule is C[C@H]1CCc2c(ccc(-c3cnn(C4CCN(C(=O)C5CC6(CCN(c7ccc8c(c7)C(=O)N(C7CCC(=O)NC7=O)C8=O)CC6)C5)CC4)c3)c2OC2CCC2)N1C(=O)C1CC1.O=C(O)C(F)(F)F. The van der Waals surface area contributed by atoms with E-state index in [0.717, 1.165) is 129 Å². The molecule has 69 heavy (non-hydrogen) atoms. The lowest BCUT2D eigenvalue weighted by Gasteiger charge is -2.53. The zero-order valence-electron chi connectivity index (χ0n) is 38.5. The van der Waals surface area contributed by atoms with Gasteiger partial charge in [-0.15, -0.1) is 0 Å². The molecule has 19 heteroatoms. The molecule has 6 fully saturated rings. The maximum atomic E-state index is 13.8. The van der Waals surface area contributed by atoms with Gasteiger partial charge in [-0.05, 0) is 133 Å². The number of likely N-dealkylation sites (tertiary alicyclic amines) is 1. The van der Waals surface area contributed by atoms with E-state index in [0.29, 0.717) is 18.7 Å². The lowest BCUT2D eigenvalue weighted by Crippen LogP contribution is -2.54. The molecule has 11 rings (SSSR count). The number of halogens is 3. The fraction of sp³-hybridized carbons (Fsp3) is 0.560. The summed E-state index contributed by atoms with van der Waals surface area (Å²) in [4.78, 5) is 94.3. The van der Waals surface area contributed by atoms with Crippen LogP contribution in [0.3, 0.4) is 0 Å². The predicted octanol–water partition coefficient (Wildman–Crippen LogP) is 6.45. The fourth-order valence-corrected chi connectivity index (χ4v) is 11.4. The Morgan fingerprint density at radius 1 is 0.812 bits per heavy atom. The second-order valence-corrected chi connectivity index (χ2v) is 20.3. The zero-order valence-corrected chi connectivity index (χ0v) is 38.5. The van der Waals surface area contributed by atoms with Crippen LogP contribution in [0.15, 0.2) is 42.7 Å². The van der Waals surface area contributed by atoms with Crippen molar-refractivity contribution in [2.75, 3.05) is 36.0 Å². The van der Waals surface area contributed by atoms with Gasteiger partial charge in [-0.2, -0.15) is 18.3 Å². The van der Waals surface area contributed by atoms with Crippen LogP contribution in [0.2, 0.25) is 0 Å². The van der Waals surface area contributed by atoms with E-state index in [1.54, 1.807) is 12.1 Å². The number of carbonyl (C=O) groups is 7. The topological polar surface area (TPSA) is 192 Å². The number of piperidine rings is 3. The first-order valence-corrected chi connectivity index (χ1v) is 24.4. The number of hydrogen-bond donors (Lipinski definition) is 2. The average molecular weight is 956 g/mol. The summed E-state index contributed by atoms with van der Waals surface area (Å²) in [5.41, 5.74) is 5.85. The molecule has 2 atom stereocenters. The average Bonchev–Trinajstić information content (AvgIpc) is 3.99. The van der Waals surface area contributed by atoms with E-state index in [9.17, 15) is 41.9 Å². The van der Waals surface area contributed by atoms with Crippen molar-refractivity contribution in [3.63, 3.8) is 0 Å². The highest BCUT2D eigenvalue weighted by Gasteiger charge is 2.50. The maximum absolute atomic E-state index is 13.8. The monoisotopic (exact) mass is 955 g/mol. The minimum Gasteiger partial charge on any atom is -0.489 e. The van der Waals surface area contributed by atoms with Crippen molar-refractivity contribution in [1.82, 2.24) is 24.9 Å². The summed E-state index contributed by atoms with van der Waals surface area (Å²) < 4.78 is 40.6. The van der Waals surface area contributed by atoms with Gasteiger partial charge in [0.2, 0.25) is 23.6 Å². The summed E-state index contributed by atoms with van der Waals surface area (Å²) in [6, 6.07) is 8.99. The van der Waals surface area contributed by atoms with Crippen molar-refractivity contribution in [3.8, 4) is 16.9 Å². The predicted molar refractivity (Wildman–Crippen MR) is 242 cm³/mol. The van der Waals surface area contributed by atoms with Crippen molar-refractivity contribution < 1.29 is 56.6 Å². The molecule has 6 amide bonds. The molecule has 2 N–H and O–H groups in total. The number of nitrogens with one attached hydrogen (secondary N) is 1. The third-order valence-electron chi connectivity index (χ3n) is 15.9. The van der Waals surface area contributed by atoms with E-state index in [1.165, 1.54) is 6.42 Å². The number of alkyl halides is 3. The summed E-state index contributed by atoms with van der Waals surface area (Å²) in [5, 5.41) is 14.2. The van der Waals surface area contributed by atoms with Gasteiger partial charge in [-0.25, -0.2) is 4.79 Å². The van der Waals surface area contributed by atoms with Crippen LogP contribution in [-0.4, -0.2) is 117 Å². The van der Waals surface area contributed by atoms with Crippen LogP contribution in [0.1, 0.15) is 129 Å². The van der Waals surface area contributed by atoms with Crippen LogP contribution in [0.5, 0.6) is 5.75 Å². The standard InChI is InChI=1S/C48H55N7O7.C2HF3O2/c1-28-5-9-37-39(54(28)45(59)29-6-7-29)12-11-35(42(37)62-34-3-2-4-34)31-26-49-53(27-31)32-15-19-52(20-16-32)44(58)30-24-48(25-30)17-21-51(22-18-48)33-8-10-36-38(23-33)47(61)55(46(36)60)40-13-14-41(56)50-43(40)57;3-2(4,5)1(6)7/h8,10-12,23,26-30,32,34,40H,2-7,9,13-22,24-25H2,1H3,(H,50,56,57);(H,6,7)/t28-,40?;/m0./s1. The number of ether oxygens (including phenoxy) is 1. The van der Waals surface area contributed by atoms with E-state index >= 15 is 0 Å². The first-order valence-electron chi connectivity index (χ1n) is 24.4. The van der Waals surface area contributed by atoms with E-state index in [1.807, 2.05) is 17.2 Å². The Morgan fingerprint density at radius 2 is 1.49 bits per heavy atom. The molecule has 1 unspecified atom stereocenters. The molecule has 2 aromatic carbocycles. The summed E-state index contributed by atoms with van der Waals surface area (Å²) >= 11 is 0. The third kappa shape index (κ3) is 8.85. The van der Waals surface area contributed by atoms with Gasteiger partial charge in [0.05, 0.1) is 35.2 Å². The van der Waals surface area contributed by atoms with Gasteiger partial charge in [-0.3, -0.25) is 43.7 Å². The Labute approximate surface area is 396 Å². The Morgan fingerprint density at radius 3 is 2.13 bits per heavy atom. The van der Waals surface area contributed by atoms with Crippen molar-refractivity contribution in [3.05, 3.63) is 59.4 Å². The molecule has 5 aliphatic heterocycles. The normalized spacial score (nSPS) is 23.9.